The van der Waals surface area contributed by atoms with Crippen LogP contribution in [0.3, 0.4) is 0 Å². The van der Waals surface area contributed by atoms with Gasteiger partial charge in [0.15, 0.2) is 0 Å². The zero-order chi connectivity index (χ0) is 21.1. The van der Waals surface area contributed by atoms with E-state index < -0.39 is 25.9 Å². The predicted molar refractivity (Wildman–Crippen MR) is 107 cm³/mol. The molecule has 10 heteroatoms. The van der Waals surface area contributed by atoms with Gasteiger partial charge in [0.1, 0.15) is 11.6 Å². The maximum atomic E-state index is 13.0. The molecule has 29 heavy (non-hydrogen) atoms. The Bertz CT molecular complexity index is 1190. The molecule has 152 valence electrons. The van der Waals surface area contributed by atoms with Crippen LogP contribution in [-0.4, -0.2) is 23.9 Å². The lowest BCUT2D eigenvalue weighted by Crippen LogP contribution is -2.14. The van der Waals surface area contributed by atoms with E-state index in [0.717, 1.165) is 24.3 Å². The van der Waals surface area contributed by atoms with E-state index >= 15 is 0 Å². The van der Waals surface area contributed by atoms with E-state index in [2.05, 4.69) is 9.44 Å². The van der Waals surface area contributed by atoms with E-state index in [1.165, 1.54) is 55.6 Å². The van der Waals surface area contributed by atoms with Crippen molar-refractivity contribution in [2.75, 3.05) is 16.6 Å². The van der Waals surface area contributed by atoms with Crippen molar-refractivity contribution in [3.8, 4) is 5.75 Å². The fourth-order valence-corrected chi connectivity index (χ4v) is 4.52. The van der Waals surface area contributed by atoms with Gasteiger partial charge in [-0.25, -0.2) is 21.2 Å². The molecule has 0 radical (unpaired) electrons. The van der Waals surface area contributed by atoms with Crippen LogP contribution in [0.25, 0.3) is 0 Å². The van der Waals surface area contributed by atoms with Gasteiger partial charge in [-0.3, -0.25) is 9.44 Å². The lowest BCUT2D eigenvalue weighted by Gasteiger charge is -2.11. The second-order valence-electron chi connectivity index (χ2n) is 5.92. The predicted octanol–water partition coefficient (Wildman–Crippen LogP) is 3.44. The van der Waals surface area contributed by atoms with Gasteiger partial charge in [-0.15, -0.1) is 0 Å². The molecule has 0 aromatic heterocycles. The summed E-state index contributed by atoms with van der Waals surface area (Å²) in [6.45, 7) is 0. The molecule has 0 saturated carbocycles. The van der Waals surface area contributed by atoms with Crippen molar-refractivity contribution in [1.82, 2.24) is 0 Å². The minimum absolute atomic E-state index is 0.0550. The third-order valence-corrected chi connectivity index (χ3v) is 6.68. The van der Waals surface area contributed by atoms with Crippen molar-refractivity contribution in [2.24, 2.45) is 0 Å². The number of halogens is 1. The normalized spacial score (nSPS) is 11.7. The number of hydrogen-bond donors (Lipinski definition) is 2. The van der Waals surface area contributed by atoms with Gasteiger partial charge in [-0.05, 0) is 72.8 Å². The first-order valence-electron chi connectivity index (χ1n) is 8.25. The molecular weight excluding hydrogens is 419 g/mol. The van der Waals surface area contributed by atoms with E-state index in [-0.39, 0.29) is 21.2 Å². The highest BCUT2D eigenvalue weighted by molar-refractivity contribution is 7.93. The standard InChI is InChI=1S/C19H17FN2O5S2/c1-27-17-8-12-19(13-9-17)29(25,26)22-16-6-4-15(5-7-16)21-28(23,24)18-10-2-14(20)3-11-18/h2-13,21-22H,1H3. The first kappa shape index (κ1) is 20.6. The maximum absolute atomic E-state index is 13.0. The molecule has 0 fully saturated rings. The topological polar surface area (TPSA) is 102 Å². The summed E-state index contributed by atoms with van der Waals surface area (Å²) in [6, 6.07) is 15.9. The van der Waals surface area contributed by atoms with E-state index in [0.29, 0.717) is 5.75 Å². The van der Waals surface area contributed by atoms with E-state index in [9.17, 15) is 21.2 Å². The van der Waals surface area contributed by atoms with Crippen molar-refractivity contribution >= 4 is 31.4 Å². The summed E-state index contributed by atoms with van der Waals surface area (Å²) in [5.41, 5.74) is 0.479. The van der Waals surface area contributed by atoms with Crippen LogP contribution in [0.5, 0.6) is 5.75 Å². The van der Waals surface area contributed by atoms with Crippen LogP contribution in [0.4, 0.5) is 15.8 Å². The molecule has 0 unspecified atom stereocenters. The molecule has 0 bridgehead atoms. The Labute approximate surface area is 168 Å². The van der Waals surface area contributed by atoms with Gasteiger partial charge in [0, 0.05) is 11.4 Å². The van der Waals surface area contributed by atoms with Crippen molar-refractivity contribution in [3.05, 3.63) is 78.6 Å². The number of benzene rings is 3. The molecular formula is C19H17FN2O5S2. The zero-order valence-corrected chi connectivity index (χ0v) is 16.8. The molecule has 3 rings (SSSR count). The number of rotatable bonds is 7. The number of anilines is 2. The van der Waals surface area contributed by atoms with Crippen LogP contribution >= 0.6 is 0 Å². The Morgan fingerprint density at radius 1 is 0.655 bits per heavy atom. The van der Waals surface area contributed by atoms with Crippen molar-refractivity contribution in [3.63, 3.8) is 0 Å². The van der Waals surface area contributed by atoms with Gasteiger partial charge in [-0.1, -0.05) is 0 Å². The Hall–Kier alpha value is -3.11. The maximum Gasteiger partial charge on any atom is 0.261 e. The summed E-state index contributed by atoms with van der Waals surface area (Å²) in [7, 11) is -6.23. The minimum Gasteiger partial charge on any atom is -0.497 e. The fourth-order valence-electron chi connectivity index (χ4n) is 2.40. The summed E-state index contributed by atoms with van der Waals surface area (Å²) in [6.07, 6.45) is 0. The van der Waals surface area contributed by atoms with E-state index in [1.807, 2.05) is 0 Å². The molecule has 0 aliphatic carbocycles. The lowest BCUT2D eigenvalue weighted by atomic mass is 10.3. The van der Waals surface area contributed by atoms with Gasteiger partial charge in [0.25, 0.3) is 20.0 Å². The SMILES string of the molecule is COc1ccc(S(=O)(=O)Nc2ccc(NS(=O)(=O)c3ccc(F)cc3)cc2)cc1. The summed E-state index contributed by atoms with van der Waals surface area (Å²) < 4.78 is 72.2. The third-order valence-electron chi connectivity index (χ3n) is 3.88. The van der Waals surface area contributed by atoms with Gasteiger partial charge in [0.2, 0.25) is 0 Å². The highest BCUT2D eigenvalue weighted by Crippen LogP contribution is 2.22. The average molecular weight is 436 g/mol. The quantitative estimate of drug-likeness (QED) is 0.591. The number of hydrogen-bond acceptors (Lipinski definition) is 5. The molecule has 0 atom stereocenters. The van der Waals surface area contributed by atoms with Crippen LogP contribution in [0.1, 0.15) is 0 Å². The summed E-state index contributed by atoms with van der Waals surface area (Å²) in [5, 5.41) is 0. The third kappa shape index (κ3) is 5.04. The Morgan fingerprint density at radius 2 is 1.03 bits per heavy atom. The van der Waals surface area contributed by atoms with Crippen LogP contribution in [0, 0.1) is 5.82 Å². The van der Waals surface area contributed by atoms with Gasteiger partial charge in [0.05, 0.1) is 16.9 Å². The van der Waals surface area contributed by atoms with Gasteiger partial charge in [-0.2, -0.15) is 0 Å². The fraction of sp³-hybridized carbons (Fsp3) is 0.0526. The molecule has 0 heterocycles. The van der Waals surface area contributed by atoms with Crippen molar-refractivity contribution < 1.29 is 26.0 Å². The Kier molecular flexibility index (Phi) is 5.76. The van der Waals surface area contributed by atoms with Crippen LogP contribution in [0.15, 0.2) is 82.6 Å². The average Bonchev–Trinajstić information content (AvgIpc) is 2.69. The smallest absolute Gasteiger partial charge is 0.261 e. The second-order valence-corrected chi connectivity index (χ2v) is 9.28. The highest BCUT2D eigenvalue weighted by atomic mass is 32.2. The summed E-state index contributed by atoms with van der Waals surface area (Å²) in [4.78, 5) is -0.0393. The van der Waals surface area contributed by atoms with Crippen molar-refractivity contribution in [1.29, 1.82) is 0 Å². The molecule has 7 nitrogen and oxygen atoms in total. The molecule has 2 N–H and O–H groups in total. The Morgan fingerprint density at radius 3 is 1.41 bits per heavy atom. The molecule has 0 spiro atoms. The minimum atomic E-state index is -3.89. The highest BCUT2D eigenvalue weighted by Gasteiger charge is 2.16. The first-order chi connectivity index (χ1) is 13.7. The second kappa shape index (κ2) is 8.10. The first-order valence-corrected chi connectivity index (χ1v) is 11.2. The monoisotopic (exact) mass is 436 g/mol. The molecule has 0 aliphatic heterocycles. The number of nitrogens with one attached hydrogen (secondary N) is 2. The molecule has 3 aromatic rings. The summed E-state index contributed by atoms with van der Waals surface area (Å²) >= 11 is 0. The number of methoxy groups -OCH3 is 1. The van der Waals surface area contributed by atoms with Gasteiger partial charge < -0.3 is 4.74 Å². The molecule has 0 saturated heterocycles. The Balaban J connectivity index is 1.73. The molecule has 3 aromatic carbocycles. The molecule has 0 amide bonds. The lowest BCUT2D eigenvalue weighted by molar-refractivity contribution is 0.414. The number of ether oxygens (including phenoxy) is 1. The van der Waals surface area contributed by atoms with E-state index in [4.69, 9.17) is 4.74 Å². The molecule has 0 aliphatic rings. The zero-order valence-electron chi connectivity index (χ0n) is 15.2. The van der Waals surface area contributed by atoms with Crippen molar-refractivity contribution in [2.45, 2.75) is 9.79 Å². The largest absolute Gasteiger partial charge is 0.497 e. The van der Waals surface area contributed by atoms with Crippen LogP contribution in [0.2, 0.25) is 0 Å². The summed E-state index contributed by atoms with van der Waals surface area (Å²) in [5.74, 6) is -0.0146. The van der Waals surface area contributed by atoms with Crippen LogP contribution < -0.4 is 14.2 Å². The van der Waals surface area contributed by atoms with E-state index in [1.54, 1.807) is 0 Å². The number of sulfonamides is 2. The van der Waals surface area contributed by atoms with Crippen LogP contribution in [-0.2, 0) is 20.0 Å². The van der Waals surface area contributed by atoms with Gasteiger partial charge >= 0.3 is 0 Å².